The van der Waals surface area contributed by atoms with Crippen LogP contribution in [-0.4, -0.2) is 35.0 Å². The molecule has 0 aromatic heterocycles. The standard InChI is InChI=1S/C13H14ClNO3/c1-2-15(9-13(17)18)12(16)7-6-10-4-3-5-11(14)8-10/h3-8H,2,9H2,1H3,(H,17,18)/b7-6+. The summed E-state index contributed by atoms with van der Waals surface area (Å²) in [7, 11) is 0. The van der Waals surface area contributed by atoms with Gasteiger partial charge in [0.15, 0.2) is 0 Å². The van der Waals surface area contributed by atoms with Crippen LogP contribution in [0.4, 0.5) is 0 Å². The van der Waals surface area contributed by atoms with Crippen LogP contribution in [0, 0.1) is 0 Å². The fraction of sp³-hybridized carbons (Fsp3) is 0.231. The predicted molar refractivity (Wildman–Crippen MR) is 70.4 cm³/mol. The van der Waals surface area contributed by atoms with E-state index < -0.39 is 5.97 Å². The molecule has 5 heteroatoms. The van der Waals surface area contributed by atoms with Gasteiger partial charge in [-0.25, -0.2) is 0 Å². The average Bonchev–Trinajstić information content (AvgIpc) is 2.33. The number of hydrogen-bond donors (Lipinski definition) is 1. The van der Waals surface area contributed by atoms with Crippen molar-refractivity contribution in [1.29, 1.82) is 0 Å². The van der Waals surface area contributed by atoms with Gasteiger partial charge in [-0.1, -0.05) is 23.7 Å². The first-order chi connectivity index (χ1) is 8.52. The second kappa shape index (κ2) is 6.81. The third-order valence-corrected chi connectivity index (χ3v) is 2.52. The van der Waals surface area contributed by atoms with Gasteiger partial charge in [0.05, 0.1) is 0 Å². The molecular formula is C13H14ClNO3. The summed E-state index contributed by atoms with van der Waals surface area (Å²) in [6.07, 6.45) is 2.96. The van der Waals surface area contributed by atoms with Crippen molar-refractivity contribution in [3.05, 3.63) is 40.9 Å². The van der Waals surface area contributed by atoms with Crippen molar-refractivity contribution >= 4 is 29.6 Å². The minimum atomic E-state index is -1.03. The van der Waals surface area contributed by atoms with Crippen LogP contribution in [0.5, 0.6) is 0 Å². The van der Waals surface area contributed by atoms with Gasteiger partial charge >= 0.3 is 5.97 Å². The fourth-order valence-electron chi connectivity index (χ4n) is 1.39. The molecule has 1 rings (SSSR count). The Morgan fingerprint density at radius 1 is 1.44 bits per heavy atom. The summed E-state index contributed by atoms with van der Waals surface area (Å²) in [5, 5.41) is 9.24. The average molecular weight is 268 g/mol. The second-order valence-electron chi connectivity index (χ2n) is 3.63. The van der Waals surface area contributed by atoms with Crippen LogP contribution in [-0.2, 0) is 9.59 Å². The van der Waals surface area contributed by atoms with Crippen LogP contribution in [0.1, 0.15) is 12.5 Å². The number of benzene rings is 1. The van der Waals surface area contributed by atoms with Gasteiger partial charge in [0.25, 0.3) is 0 Å². The summed E-state index contributed by atoms with van der Waals surface area (Å²) < 4.78 is 0. The molecule has 0 unspecified atom stereocenters. The zero-order valence-corrected chi connectivity index (χ0v) is 10.7. The second-order valence-corrected chi connectivity index (χ2v) is 4.07. The molecular weight excluding hydrogens is 254 g/mol. The summed E-state index contributed by atoms with van der Waals surface area (Å²) in [6, 6.07) is 7.05. The first-order valence-corrected chi connectivity index (χ1v) is 5.85. The number of carbonyl (C=O) groups is 2. The molecule has 1 amide bonds. The maximum Gasteiger partial charge on any atom is 0.323 e. The molecule has 0 saturated carbocycles. The number of amides is 1. The van der Waals surface area contributed by atoms with Crippen LogP contribution in [0.3, 0.4) is 0 Å². The van der Waals surface area contributed by atoms with E-state index in [0.717, 1.165) is 5.56 Å². The SMILES string of the molecule is CCN(CC(=O)O)C(=O)/C=C/c1cccc(Cl)c1. The summed E-state index contributed by atoms with van der Waals surface area (Å²) in [4.78, 5) is 23.5. The van der Waals surface area contributed by atoms with Gasteiger partial charge < -0.3 is 10.0 Å². The minimum absolute atomic E-state index is 0.296. The van der Waals surface area contributed by atoms with Crippen LogP contribution in [0.25, 0.3) is 6.08 Å². The topological polar surface area (TPSA) is 57.6 Å². The number of nitrogens with zero attached hydrogens (tertiary/aromatic N) is 1. The Labute approximate surface area is 110 Å². The Bertz CT molecular complexity index is 471. The molecule has 18 heavy (non-hydrogen) atoms. The van der Waals surface area contributed by atoms with Gasteiger partial charge in [0, 0.05) is 17.6 Å². The highest BCUT2D eigenvalue weighted by atomic mass is 35.5. The Balaban J connectivity index is 2.71. The van der Waals surface area contributed by atoms with Crippen molar-refractivity contribution in [2.75, 3.05) is 13.1 Å². The van der Waals surface area contributed by atoms with Gasteiger partial charge in [0.2, 0.25) is 5.91 Å². The Kier molecular flexibility index (Phi) is 5.39. The van der Waals surface area contributed by atoms with Crippen LogP contribution in [0.15, 0.2) is 30.3 Å². The summed E-state index contributed by atoms with van der Waals surface area (Å²) >= 11 is 5.81. The molecule has 0 radical (unpaired) electrons. The molecule has 0 aliphatic carbocycles. The largest absolute Gasteiger partial charge is 0.480 e. The van der Waals surface area contributed by atoms with Crippen LogP contribution >= 0.6 is 11.6 Å². The van der Waals surface area contributed by atoms with Crippen molar-refractivity contribution in [2.24, 2.45) is 0 Å². The molecule has 1 aromatic carbocycles. The highest BCUT2D eigenvalue weighted by Gasteiger charge is 2.11. The van der Waals surface area contributed by atoms with Crippen molar-refractivity contribution in [3.63, 3.8) is 0 Å². The number of carboxylic acid groups (broad SMARTS) is 1. The van der Waals surface area contributed by atoms with Gasteiger partial charge in [-0.3, -0.25) is 9.59 Å². The quantitative estimate of drug-likeness (QED) is 0.833. The van der Waals surface area contributed by atoms with E-state index in [9.17, 15) is 9.59 Å². The molecule has 0 bridgehead atoms. The van der Waals surface area contributed by atoms with Crippen molar-refractivity contribution in [1.82, 2.24) is 4.90 Å². The molecule has 0 spiro atoms. The first-order valence-electron chi connectivity index (χ1n) is 5.47. The Morgan fingerprint density at radius 2 is 2.17 bits per heavy atom. The lowest BCUT2D eigenvalue weighted by Gasteiger charge is -2.15. The number of carboxylic acids is 1. The smallest absolute Gasteiger partial charge is 0.323 e. The molecule has 96 valence electrons. The van der Waals surface area contributed by atoms with Gasteiger partial charge in [-0.15, -0.1) is 0 Å². The number of likely N-dealkylation sites (N-methyl/N-ethyl adjacent to an activating group) is 1. The third-order valence-electron chi connectivity index (χ3n) is 2.29. The number of halogens is 1. The maximum atomic E-state index is 11.7. The highest BCUT2D eigenvalue weighted by molar-refractivity contribution is 6.30. The number of aliphatic carboxylic acids is 1. The van der Waals surface area contributed by atoms with Gasteiger partial charge in [-0.05, 0) is 30.7 Å². The number of rotatable bonds is 5. The molecule has 4 nitrogen and oxygen atoms in total. The zero-order valence-electron chi connectivity index (χ0n) is 9.97. The van der Waals surface area contributed by atoms with E-state index in [0.29, 0.717) is 11.6 Å². The molecule has 0 fully saturated rings. The van der Waals surface area contributed by atoms with Crippen LogP contribution < -0.4 is 0 Å². The summed E-state index contributed by atoms with van der Waals surface area (Å²) in [5.74, 6) is -1.36. The van der Waals surface area contributed by atoms with E-state index in [-0.39, 0.29) is 12.5 Å². The van der Waals surface area contributed by atoms with E-state index in [1.807, 2.05) is 6.07 Å². The third kappa shape index (κ3) is 4.59. The van der Waals surface area contributed by atoms with E-state index in [1.54, 1.807) is 31.2 Å². The van der Waals surface area contributed by atoms with E-state index in [2.05, 4.69) is 0 Å². The number of hydrogen-bond acceptors (Lipinski definition) is 2. The maximum absolute atomic E-state index is 11.7. The van der Waals surface area contributed by atoms with Crippen molar-refractivity contribution < 1.29 is 14.7 Å². The normalized spacial score (nSPS) is 10.6. The van der Waals surface area contributed by atoms with E-state index >= 15 is 0 Å². The van der Waals surface area contributed by atoms with Crippen molar-refractivity contribution in [3.8, 4) is 0 Å². The van der Waals surface area contributed by atoms with Crippen LogP contribution in [0.2, 0.25) is 5.02 Å². The molecule has 1 aromatic rings. The van der Waals surface area contributed by atoms with Gasteiger partial charge in [0.1, 0.15) is 6.54 Å². The monoisotopic (exact) mass is 267 g/mol. The molecule has 1 N–H and O–H groups in total. The highest BCUT2D eigenvalue weighted by Crippen LogP contribution is 2.11. The summed E-state index contributed by atoms with van der Waals surface area (Å²) in [5.41, 5.74) is 0.794. The van der Waals surface area contributed by atoms with Crippen molar-refractivity contribution in [2.45, 2.75) is 6.92 Å². The predicted octanol–water partition coefficient (Wildman–Crippen LogP) is 2.29. The molecule has 0 atom stereocenters. The molecule has 0 heterocycles. The van der Waals surface area contributed by atoms with E-state index in [4.69, 9.17) is 16.7 Å². The van der Waals surface area contributed by atoms with Gasteiger partial charge in [-0.2, -0.15) is 0 Å². The molecule has 0 aliphatic rings. The lowest BCUT2D eigenvalue weighted by Crippen LogP contribution is -2.34. The first kappa shape index (κ1) is 14.3. The molecule has 0 aliphatic heterocycles. The lowest BCUT2D eigenvalue weighted by molar-refractivity contribution is -0.142. The van der Waals surface area contributed by atoms with E-state index in [1.165, 1.54) is 11.0 Å². The molecule has 0 saturated heterocycles. The fourth-order valence-corrected chi connectivity index (χ4v) is 1.59. The Hall–Kier alpha value is -1.81. The Morgan fingerprint density at radius 3 is 2.72 bits per heavy atom. The summed E-state index contributed by atoms with van der Waals surface area (Å²) in [6.45, 7) is 1.79. The number of carbonyl (C=O) groups excluding carboxylic acids is 1. The minimum Gasteiger partial charge on any atom is -0.480 e. The lowest BCUT2D eigenvalue weighted by atomic mass is 10.2. The zero-order chi connectivity index (χ0) is 13.5.